The first kappa shape index (κ1) is 32.5. The fourth-order valence-corrected chi connectivity index (χ4v) is 7.35. The Balaban J connectivity index is 1.34. The number of hydrogen-bond donors (Lipinski definition) is 2. The van der Waals surface area contributed by atoms with Crippen molar-refractivity contribution in [2.24, 2.45) is 5.92 Å². The second kappa shape index (κ2) is 14.5. The molecular formula is C34H39N3O6S2. The van der Waals surface area contributed by atoms with E-state index in [4.69, 9.17) is 9.47 Å². The quantitative estimate of drug-likeness (QED) is 0.217. The number of carbonyl (C=O) groups excluding carboxylic acids is 1. The number of sulfonamides is 1. The van der Waals surface area contributed by atoms with Crippen LogP contribution < -0.4 is 14.2 Å². The summed E-state index contributed by atoms with van der Waals surface area (Å²) in [4.78, 5) is 17.4. The van der Waals surface area contributed by atoms with E-state index in [0.717, 1.165) is 28.4 Å². The van der Waals surface area contributed by atoms with Crippen LogP contribution in [0.1, 0.15) is 25.0 Å². The molecule has 3 atom stereocenters. The van der Waals surface area contributed by atoms with Crippen molar-refractivity contribution in [1.82, 2.24) is 9.80 Å². The predicted octanol–water partition coefficient (Wildman–Crippen LogP) is 5.62. The third kappa shape index (κ3) is 8.43. The largest absolute Gasteiger partial charge is 0.488 e. The SMILES string of the molecule is C[C@@H]1CN([C@H](C)CO)C(=O)Cc2cc(NS(=O)(=O)c3cccs3)ccc2O[C@@H]1CN(C)Cc1ccc(Oc2ccccc2)cc1. The summed E-state index contributed by atoms with van der Waals surface area (Å²) in [6.45, 7) is 5.36. The molecule has 0 fully saturated rings. The first-order valence-electron chi connectivity index (χ1n) is 14.9. The lowest BCUT2D eigenvalue weighted by Gasteiger charge is -2.34. The van der Waals surface area contributed by atoms with Gasteiger partial charge in [-0.05, 0) is 73.4 Å². The Hall–Kier alpha value is -3.90. The summed E-state index contributed by atoms with van der Waals surface area (Å²) in [5.74, 6) is 1.86. The number of aliphatic hydroxyl groups excluding tert-OH is 1. The van der Waals surface area contributed by atoms with Gasteiger partial charge in [0, 0.05) is 36.8 Å². The maximum Gasteiger partial charge on any atom is 0.271 e. The zero-order valence-electron chi connectivity index (χ0n) is 25.6. The summed E-state index contributed by atoms with van der Waals surface area (Å²) in [5, 5.41) is 11.6. The van der Waals surface area contributed by atoms with Gasteiger partial charge in [0.15, 0.2) is 0 Å². The molecule has 3 aromatic carbocycles. The maximum absolute atomic E-state index is 13.5. The summed E-state index contributed by atoms with van der Waals surface area (Å²) in [5.41, 5.74) is 2.04. The Labute approximate surface area is 269 Å². The molecule has 2 N–H and O–H groups in total. The van der Waals surface area contributed by atoms with Gasteiger partial charge in [0.1, 0.15) is 27.6 Å². The molecule has 0 saturated heterocycles. The first-order valence-corrected chi connectivity index (χ1v) is 17.2. The van der Waals surface area contributed by atoms with E-state index < -0.39 is 10.0 Å². The van der Waals surface area contributed by atoms with Crippen LogP contribution in [0.2, 0.25) is 0 Å². The number of likely N-dealkylation sites (N-methyl/N-ethyl adjacent to an activating group) is 1. The van der Waals surface area contributed by atoms with Gasteiger partial charge in [0.25, 0.3) is 10.0 Å². The molecule has 0 unspecified atom stereocenters. The fourth-order valence-electron chi connectivity index (χ4n) is 5.30. The van der Waals surface area contributed by atoms with Crippen LogP contribution >= 0.6 is 11.3 Å². The number of anilines is 1. The number of amides is 1. The maximum atomic E-state index is 13.5. The Morgan fingerprint density at radius 1 is 1.07 bits per heavy atom. The number of nitrogens with one attached hydrogen (secondary N) is 1. The van der Waals surface area contributed by atoms with Gasteiger partial charge in [0.2, 0.25) is 5.91 Å². The van der Waals surface area contributed by atoms with Crippen LogP contribution in [-0.4, -0.2) is 68.1 Å². The molecule has 0 aliphatic carbocycles. The van der Waals surface area contributed by atoms with Gasteiger partial charge < -0.3 is 19.5 Å². The third-order valence-corrected chi connectivity index (χ3v) is 10.6. The Morgan fingerprint density at radius 2 is 1.80 bits per heavy atom. The van der Waals surface area contributed by atoms with E-state index in [-0.39, 0.29) is 41.2 Å². The Bertz CT molecular complexity index is 1660. The summed E-state index contributed by atoms with van der Waals surface area (Å²) < 4.78 is 41.1. The molecule has 45 heavy (non-hydrogen) atoms. The average molecular weight is 650 g/mol. The molecule has 238 valence electrons. The monoisotopic (exact) mass is 649 g/mol. The highest BCUT2D eigenvalue weighted by Crippen LogP contribution is 2.31. The highest BCUT2D eigenvalue weighted by Gasteiger charge is 2.31. The van der Waals surface area contributed by atoms with Crippen LogP contribution in [-0.2, 0) is 27.8 Å². The lowest BCUT2D eigenvalue weighted by Crippen LogP contribution is -2.47. The summed E-state index contributed by atoms with van der Waals surface area (Å²) >= 11 is 1.13. The number of carbonyl (C=O) groups is 1. The number of para-hydroxylation sites is 1. The van der Waals surface area contributed by atoms with E-state index >= 15 is 0 Å². The number of benzene rings is 3. The molecule has 4 aromatic rings. The second-order valence-corrected chi connectivity index (χ2v) is 14.4. The molecule has 0 spiro atoms. The standard InChI is InChI=1S/C34H39N3O6S2/c1-24-20-37(25(2)23-38)33(39)19-27-18-28(35-45(40,41)34-10-7-17-44-34)13-16-31(27)43-32(24)22-36(3)21-26-11-14-30(15-12-26)42-29-8-5-4-6-9-29/h4-18,24-25,32,35,38H,19-23H2,1-3H3/t24-,25-,32-/m1/s1. The van der Waals surface area contributed by atoms with Gasteiger partial charge in [-0.1, -0.05) is 43.3 Å². The van der Waals surface area contributed by atoms with E-state index in [1.165, 1.54) is 0 Å². The van der Waals surface area contributed by atoms with Crippen LogP contribution in [0.4, 0.5) is 5.69 Å². The average Bonchev–Trinajstić information content (AvgIpc) is 3.58. The summed E-state index contributed by atoms with van der Waals surface area (Å²) in [7, 11) is -1.73. The van der Waals surface area contributed by atoms with E-state index in [1.54, 1.807) is 40.6 Å². The fraction of sp³-hybridized carbons (Fsp3) is 0.324. The van der Waals surface area contributed by atoms with E-state index in [2.05, 4.69) is 9.62 Å². The van der Waals surface area contributed by atoms with Gasteiger partial charge >= 0.3 is 0 Å². The highest BCUT2D eigenvalue weighted by molar-refractivity contribution is 7.94. The van der Waals surface area contributed by atoms with Crippen molar-refractivity contribution in [2.45, 2.75) is 43.2 Å². The number of nitrogens with zero attached hydrogens (tertiary/aromatic N) is 2. The Kier molecular flexibility index (Phi) is 10.4. The number of thiophene rings is 1. The molecule has 0 bridgehead atoms. The van der Waals surface area contributed by atoms with Crippen molar-refractivity contribution in [3.63, 3.8) is 0 Å². The molecule has 11 heteroatoms. The number of fused-ring (bicyclic) bond motifs is 1. The van der Waals surface area contributed by atoms with E-state index in [0.29, 0.717) is 36.6 Å². The molecule has 1 aliphatic heterocycles. The lowest BCUT2D eigenvalue weighted by atomic mass is 10.0. The minimum atomic E-state index is -3.76. The van der Waals surface area contributed by atoms with Crippen LogP contribution in [0, 0.1) is 5.92 Å². The minimum absolute atomic E-state index is 0.0148. The highest BCUT2D eigenvalue weighted by atomic mass is 32.2. The lowest BCUT2D eigenvalue weighted by molar-refractivity contribution is -0.134. The van der Waals surface area contributed by atoms with E-state index in [1.807, 2.05) is 75.5 Å². The predicted molar refractivity (Wildman–Crippen MR) is 176 cm³/mol. The molecule has 1 aromatic heterocycles. The number of rotatable bonds is 11. The van der Waals surface area contributed by atoms with Crippen LogP contribution in [0.15, 0.2) is 94.5 Å². The van der Waals surface area contributed by atoms with Gasteiger partial charge in [-0.3, -0.25) is 14.4 Å². The molecule has 9 nitrogen and oxygen atoms in total. The van der Waals surface area contributed by atoms with Crippen LogP contribution in [0.3, 0.4) is 0 Å². The molecule has 2 heterocycles. The third-order valence-electron chi connectivity index (χ3n) is 7.78. The second-order valence-electron chi connectivity index (χ2n) is 11.5. The molecule has 1 amide bonds. The zero-order valence-corrected chi connectivity index (χ0v) is 27.3. The first-order chi connectivity index (χ1) is 21.6. The zero-order chi connectivity index (χ0) is 32.0. The van der Waals surface area contributed by atoms with Gasteiger partial charge in [-0.25, -0.2) is 8.42 Å². The van der Waals surface area contributed by atoms with Crippen molar-refractivity contribution >= 4 is 33.0 Å². The summed E-state index contributed by atoms with van der Waals surface area (Å²) in [6, 6.07) is 25.5. The van der Waals surface area contributed by atoms with E-state index in [9.17, 15) is 18.3 Å². The number of hydrogen-bond acceptors (Lipinski definition) is 8. The van der Waals surface area contributed by atoms with Crippen molar-refractivity contribution < 1.29 is 27.8 Å². The van der Waals surface area contributed by atoms with Crippen molar-refractivity contribution in [1.29, 1.82) is 0 Å². The Morgan fingerprint density at radius 3 is 2.49 bits per heavy atom. The normalized spacial score (nSPS) is 17.9. The van der Waals surface area contributed by atoms with Gasteiger partial charge in [-0.2, -0.15) is 0 Å². The topological polar surface area (TPSA) is 108 Å². The van der Waals surface area contributed by atoms with Crippen molar-refractivity contribution in [3.05, 3.63) is 101 Å². The minimum Gasteiger partial charge on any atom is -0.488 e. The number of aliphatic hydroxyl groups is 1. The molecule has 0 radical (unpaired) electrons. The molecule has 1 aliphatic rings. The molecule has 5 rings (SSSR count). The van der Waals surface area contributed by atoms with Gasteiger partial charge in [0.05, 0.1) is 19.1 Å². The van der Waals surface area contributed by atoms with Crippen LogP contribution in [0.5, 0.6) is 17.2 Å². The van der Waals surface area contributed by atoms with Crippen molar-refractivity contribution in [3.8, 4) is 17.2 Å². The van der Waals surface area contributed by atoms with Gasteiger partial charge in [-0.15, -0.1) is 11.3 Å². The number of ether oxygens (including phenoxy) is 2. The van der Waals surface area contributed by atoms with Crippen molar-refractivity contribution in [2.75, 3.05) is 31.5 Å². The smallest absolute Gasteiger partial charge is 0.271 e. The van der Waals surface area contributed by atoms with Crippen LogP contribution in [0.25, 0.3) is 0 Å². The molecule has 0 saturated carbocycles. The molecular weight excluding hydrogens is 611 g/mol. The summed E-state index contributed by atoms with van der Waals surface area (Å²) in [6.07, 6.45) is -0.275.